The first-order chi connectivity index (χ1) is 9.97. The smallest absolute Gasteiger partial charge is 0.306 e. The summed E-state index contributed by atoms with van der Waals surface area (Å²) in [4.78, 5) is 27.1. The molecule has 0 aliphatic carbocycles. The first-order valence-electron chi connectivity index (χ1n) is 7.23. The molecule has 0 saturated carbocycles. The van der Waals surface area contributed by atoms with Crippen molar-refractivity contribution in [2.45, 2.75) is 19.4 Å². The van der Waals surface area contributed by atoms with Gasteiger partial charge in [-0.15, -0.1) is 0 Å². The van der Waals surface area contributed by atoms with Crippen molar-refractivity contribution in [1.82, 2.24) is 9.80 Å². The third-order valence-corrected chi connectivity index (χ3v) is 3.83. The molecule has 1 aromatic rings. The zero-order valence-corrected chi connectivity index (χ0v) is 12.6. The standard InChI is InChI=1S/C16H22N2O3/c1-17(2)11-12-3-5-13(6-4-12)15(19)18-9-7-14(8-10-18)16(20)21/h3-6,14H,7-11H2,1-2H3,(H,20,21). The second kappa shape index (κ2) is 6.72. The van der Waals surface area contributed by atoms with E-state index in [2.05, 4.69) is 4.90 Å². The van der Waals surface area contributed by atoms with Crippen molar-refractivity contribution >= 4 is 11.9 Å². The van der Waals surface area contributed by atoms with E-state index in [0.29, 0.717) is 31.5 Å². The normalized spacial score (nSPS) is 16.2. The van der Waals surface area contributed by atoms with Crippen LogP contribution < -0.4 is 0 Å². The zero-order chi connectivity index (χ0) is 15.4. The Balaban J connectivity index is 1.96. The van der Waals surface area contributed by atoms with Crippen molar-refractivity contribution < 1.29 is 14.7 Å². The van der Waals surface area contributed by atoms with E-state index in [4.69, 9.17) is 5.11 Å². The second-order valence-electron chi connectivity index (χ2n) is 5.84. The minimum atomic E-state index is -0.755. The monoisotopic (exact) mass is 290 g/mol. The third-order valence-electron chi connectivity index (χ3n) is 3.83. The van der Waals surface area contributed by atoms with Crippen LogP contribution in [0.15, 0.2) is 24.3 Å². The Morgan fingerprint density at radius 3 is 2.24 bits per heavy atom. The van der Waals surface area contributed by atoms with E-state index < -0.39 is 5.97 Å². The largest absolute Gasteiger partial charge is 0.481 e. The van der Waals surface area contributed by atoms with Crippen molar-refractivity contribution in [2.75, 3.05) is 27.2 Å². The summed E-state index contributed by atoms with van der Waals surface area (Å²) >= 11 is 0. The molecule has 0 atom stereocenters. The molecule has 5 nitrogen and oxygen atoms in total. The van der Waals surface area contributed by atoms with Crippen LogP contribution in [0.5, 0.6) is 0 Å². The van der Waals surface area contributed by atoms with Crippen LogP contribution >= 0.6 is 0 Å². The molecule has 1 N–H and O–H groups in total. The quantitative estimate of drug-likeness (QED) is 0.916. The average molecular weight is 290 g/mol. The van der Waals surface area contributed by atoms with Gasteiger partial charge in [0.2, 0.25) is 0 Å². The summed E-state index contributed by atoms with van der Waals surface area (Å²) < 4.78 is 0. The lowest BCUT2D eigenvalue weighted by molar-refractivity contribution is -0.143. The number of carboxylic acids is 1. The summed E-state index contributed by atoms with van der Waals surface area (Å²) in [5.74, 6) is -1.07. The molecule has 1 fully saturated rings. The van der Waals surface area contributed by atoms with Crippen molar-refractivity contribution in [3.63, 3.8) is 0 Å². The summed E-state index contributed by atoms with van der Waals surface area (Å²) in [6.07, 6.45) is 1.08. The van der Waals surface area contributed by atoms with Gasteiger partial charge in [0.05, 0.1) is 5.92 Å². The molecule has 1 amide bonds. The predicted molar refractivity (Wildman–Crippen MR) is 80.1 cm³/mol. The fraction of sp³-hybridized carbons (Fsp3) is 0.500. The molecular weight excluding hydrogens is 268 g/mol. The van der Waals surface area contributed by atoms with Gasteiger partial charge in [-0.05, 0) is 44.6 Å². The number of carbonyl (C=O) groups is 2. The molecule has 1 heterocycles. The van der Waals surface area contributed by atoms with Gasteiger partial charge in [0.25, 0.3) is 5.91 Å². The first kappa shape index (κ1) is 15.5. The highest BCUT2D eigenvalue weighted by Crippen LogP contribution is 2.19. The summed E-state index contributed by atoms with van der Waals surface area (Å²) in [5.41, 5.74) is 1.84. The van der Waals surface area contributed by atoms with Gasteiger partial charge >= 0.3 is 5.97 Å². The maximum Gasteiger partial charge on any atom is 0.306 e. The maximum absolute atomic E-state index is 12.4. The fourth-order valence-electron chi connectivity index (χ4n) is 2.63. The number of benzene rings is 1. The van der Waals surface area contributed by atoms with Crippen LogP contribution in [-0.4, -0.2) is 54.0 Å². The number of rotatable bonds is 4. The Morgan fingerprint density at radius 1 is 1.19 bits per heavy atom. The SMILES string of the molecule is CN(C)Cc1ccc(C(=O)N2CCC(C(=O)O)CC2)cc1. The molecule has 1 aliphatic heterocycles. The molecule has 114 valence electrons. The highest BCUT2D eigenvalue weighted by atomic mass is 16.4. The van der Waals surface area contributed by atoms with E-state index >= 15 is 0 Å². The van der Waals surface area contributed by atoms with Crippen LogP contribution in [-0.2, 0) is 11.3 Å². The lowest BCUT2D eigenvalue weighted by Gasteiger charge is -2.30. The Kier molecular flexibility index (Phi) is 4.96. The molecule has 21 heavy (non-hydrogen) atoms. The van der Waals surface area contributed by atoms with Crippen molar-refractivity contribution in [2.24, 2.45) is 5.92 Å². The van der Waals surface area contributed by atoms with Crippen molar-refractivity contribution in [1.29, 1.82) is 0 Å². The number of hydrogen-bond acceptors (Lipinski definition) is 3. The Labute approximate surface area is 125 Å². The van der Waals surface area contributed by atoms with E-state index in [1.807, 2.05) is 38.4 Å². The van der Waals surface area contributed by atoms with Gasteiger partial charge in [-0.1, -0.05) is 12.1 Å². The second-order valence-corrected chi connectivity index (χ2v) is 5.84. The fourth-order valence-corrected chi connectivity index (χ4v) is 2.63. The molecule has 2 rings (SSSR count). The Morgan fingerprint density at radius 2 is 1.76 bits per heavy atom. The topological polar surface area (TPSA) is 60.9 Å². The summed E-state index contributed by atoms with van der Waals surface area (Å²) in [6.45, 7) is 1.89. The number of amides is 1. The number of likely N-dealkylation sites (tertiary alicyclic amines) is 1. The van der Waals surface area contributed by atoms with Crippen molar-refractivity contribution in [3.8, 4) is 0 Å². The molecule has 1 saturated heterocycles. The highest BCUT2D eigenvalue weighted by Gasteiger charge is 2.27. The molecular formula is C16H22N2O3. The van der Waals surface area contributed by atoms with Gasteiger partial charge in [0, 0.05) is 25.2 Å². The van der Waals surface area contributed by atoms with Crippen molar-refractivity contribution in [3.05, 3.63) is 35.4 Å². The van der Waals surface area contributed by atoms with Gasteiger partial charge in [-0.25, -0.2) is 0 Å². The van der Waals surface area contributed by atoms with E-state index in [9.17, 15) is 9.59 Å². The van der Waals surface area contributed by atoms with Gasteiger partial charge in [0.15, 0.2) is 0 Å². The third kappa shape index (κ3) is 4.04. The van der Waals surface area contributed by atoms with Gasteiger partial charge < -0.3 is 14.9 Å². The molecule has 0 aromatic heterocycles. The molecule has 0 unspecified atom stereocenters. The highest BCUT2D eigenvalue weighted by molar-refractivity contribution is 5.94. The molecule has 1 aliphatic rings. The molecule has 0 bridgehead atoms. The van der Waals surface area contributed by atoms with Crippen LogP contribution in [0, 0.1) is 5.92 Å². The predicted octanol–water partition coefficient (Wildman–Crippen LogP) is 1.68. The van der Waals surface area contributed by atoms with E-state index in [0.717, 1.165) is 6.54 Å². The van der Waals surface area contributed by atoms with E-state index in [-0.39, 0.29) is 11.8 Å². The van der Waals surface area contributed by atoms with Gasteiger partial charge in [-0.2, -0.15) is 0 Å². The van der Waals surface area contributed by atoms with Crippen LogP contribution in [0.1, 0.15) is 28.8 Å². The number of carbonyl (C=O) groups excluding carboxylic acids is 1. The Hall–Kier alpha value is -1.88. The van der Waals surface area contributed by atoms with Gasteiger partial charge in [0.1, 0.15) is 0 Å². The average Bonchev–Trinajstić information content (AvgIpc) is 2.47. The molecule has 5 heteroatoms. The number of hydrogen-bond donors (Lipinski definition) is 1. The van der Waals surface area contributed by atoms with Crippen LogP contribution in [0.2, 0.25) is 0 Å². The molecule has 1 aromatic carbocycles. The zero-order valence-electron chi connectivity index (χ0n) is 12.6. The molecule has 0 spiro atoms. The van der Waals surface area contributed by atoms with Crippen LogP contribution in [0.25, 0.3) is 0 Å². The van der Waals surface area contributed by atoms with Gasteiger partial charge in [-0.3, -0.25) is 9.59 Å². The lowest BCUT2D eigenvalue weighted by atomic mass is 9.96. The maximum atomic E-state index is 12.4. The minimum absolute atomic E-state index is 0.00441. The summed E-state index contributed by atoms with van der Waals surface area (Å²) in [5, 5.41) is 8.98. The van der Waals surface area contributed by atoms with Crippen LogP contribution in [0.3, 0.4) is 0 Å². The molecule has 0 radical (unpaired) electrons. The summed E-state index contributed by atoms with van der Waals surface area (Å²) in [7, 11) is 4.01. The minimum Gasteiger partial charge on any atom is -0.481 e. The number of aliphatic carboxylic acids is 1. The lowest BCUT2D eigenvalue weighted by Crippen LogP contribution is -2.40. The number of nitrogens with zero attached hydrogens (tertiary/aromatic N) is 2. The Bertz CT molecular complexity index is 503. The van der Waals surface area contributed by atoms with E-state index in [1.54, 1.807) is 4.90 Å². The summed E-state index contributed by atoms with van der Waals surface area (Å²) in [6, 6.07) is 7.64. The number of piperidine rings is 1. The van der Waals surface area contributed by atoms with E-state index in [1.165, 1.54) is 5.56 Å². The van der Waals surface area contributed by atoms with Crippen LogP contribution in [0.4, 0.5) is 0 Å². The number of carboxylic acid groups (broad SMARTS) is 1. The first-order valence-corrected chi connectivity index (χ1v) is 7.23.